The molecular formula is C17H15BrN2O. The topological polar surface area (TPSA) is 38.1 Å². The summed E-state index contributed by atoms with van der Waals surface area (Å²) >= 11 is 3.52. The molecule has 1 heterocycles. The molecule has 0 aliphatic rings. The first kappa shape index (κ1) is 13.9. The molecule has 1 aromatic heterocycles. The molecule has 21 heavy (non-hydrogen) atoms. The first-order chi connectivity index (χ1) is 10.2. The maximum atomic E-state index is 5.28. The number of hydrogen-bond donors (Lipinski definition) is 1. The van der Waals surface area contributed by atoms with Gasteiger partial charge in [-0.25, -0.2) is 4.98 Å². The minimum absolute atomic E-state index is 0.782. The van der Waals surface area contributed by atoms with Gasteiger partial charge in [-0.2, -0.15) is 0 Å². The summed E-state index contributed by atoms with van der Waals surface area (Å²) in [7, 11) is 0. The minimum Gasteiger partial charge on any atom is -0.444 e. The quantitative estimate of drug-likeness (QED) is 0.722. The molecule has 1 N–H and O–H groups in total. The molecule has 0 atom stereocenters. The molecule has 0 aliphatic heterocycles. The minimum atomic E-state index is 0.782. The second kappa shape index (κ2) is 6.14. The summed E-state index contributed by atoms with van der Waals surface area (Å²) in [5, 5.41) is 3.42. The van der Waals surface area contributed by atoms with Crippen molar-refractivity contribution in [3.8, 4) is 11.3 Å². The third-order valence-electron chi connectivity index (χ3n) is 3.32. The van der Waals surface area contributed by atoms with E-state index in [1.165, 1.54) is 17.5 Å². The molecule has 0 saturated heterocycles. The Morgan fingerprint density at radius 2 is 1.95 bits per heavy atom. The Hall–Kier alpha value is -2.07. The lowest BCUT2D eigenvalue weighted by atomic mass is 10.1. The smallest absolute Gasteiger partial charge is 0.181 e. The summed E-state index contributed by atoms with van der Waals surface area (Å²) < 4.78 is 6.42. The molecule has 3 aromatic rings. The van der Waals surface area contributed by atoms with Crippen LogP contribution in [-0.2, 0) is 6.54 Å². The van der Waals surface area contributed by atoms with E-state index in [0.29, 0.717) is 0 Å². The maximum Gasteiger partial charge on any atom is 0.181 e. The zero-order valence-corrected chi connectivity index (χ0v) is 13.2. The van der Waals surface area contributed by atoms with Gasteiger partial charge in [0, 0.05) is 22.3 Å². The summed E-state index contributed by atoms with van der Waals surface area (Å²) in [4.78, 5) is 3.93. The molecule has 0 bridgehead atoms. The lowest BCUT2D eigenvalue weighted by Gasteiger charge is -2.08. The van der Waals surface area contributed by atoms with Crippen LogP contribution in [0.3, 0.4) is 0 Å². The monoisotopic (exact) mass is 342 g/mol. The predicted molar refractivity (Wildman–Crippen MR) is 88.1 cm³/mol. The number of nitrogens with one attached hydrogen (secondary N) is 1. The van der Waals surface area contributed by atoms with Gasteiger partial charge in [0.1, 0.15) is 0 Å². The number of hydrogen-bond acceptors (Lipinski definition) is 3. The molecule has 0 amide bonds. The molecule has 3 nitrogen and oxygen atoms in total. The van der Waals surface area contributed by atoms with Gasteiger partial charge in [-0.05, 0) is 48.4 Å². The van der Waals surface area contributed by atoms with Crippen LogP contribution in [0.15, 0.2) is 63.9 Å². The van der Waals surface area contributed by atoms with Crippen LogP contribution in [0, 0.1) is 6.92 Å². The first-order valence-electron chi connectivity index (χ1n) is 6.70. The average molecular weight is 343 g/mol. The Bertz CT molecular complexity index is 721. The third kappa shape index (κ3) is 3.34. The Kier molecular flexibility index (Phi) is 4.06. The predicted octanol–water partition coefficient (Wildman–Crippen LogP) is 5.02. The highest BCUT2D eigenvalue weighted by atomic mass is 79.9. The number of aromatic nitrogens is 1. The van der Waals surface area contributed by atoms with Gasteiger partial charge in [-0.3, -0.25) is 0 Å². The summed E-state index contributed by atoms with van der Waals surface area (Å²) in [6, 6.07) is 14.5. The highest BCUT2D eigenvalue weighted by Crippen LogP contribution is 2.22. The van der Waals surface area contributed by atoms with Crippen molar-refractivity contribution in [2.75, 3.05) is 5.32 Å². The SMILES string of the molecule is Cc1cc(CNc2ccc(-c3cnco3)cc2)ccc1Br. The molecular weight excluding hydrogens is 328 g/mol. The lowest BCUT2D eigenvalue weighted by Crippen LogP contribution is -1.99. The van der Waals surface area contributed by atoms with Crippen molar-refractivity contribution in [2.45, 2.75) is 13.5 Å². The Morgan fingerprint density at radius 1 is 1.14 bits per heavy atom. The number of nitrogens with zero attached hydrogens (tertiary/aromatic N) is 1. The van der Waals surface area contributed by atoms with Crippen molar-refractivity contribution >= 4 is 21.6 Å². The van der Waals surface area contributed by atoms with E-state index in [4.69, 9.17) is 4.42 Å². The summed E-state index contributed by atoms with van der Waals surface area (Å²) in [6.07, 6.45) is 3.16. The second-order valence-electron chi connectivity index (χ2n) is 4.88. The maximum absolute atomic E-state index is 5.28. The van der Waals surface area contributed by atoms with E-state index in [1.54, 1.807) is 6.20 Å². The van der Waals surface area contributed by atoms with Crippen LogP contribution >= 0.6 is 15.9 Å². The molecule has 106 valence electrons. The van der Waals surface area contributed by atoms with Crippen molar-refractivity contribution in [1.82, 2.24) is 4.98 Å². The Balaban J connectivity index is 1.66. The zero-order chi connectivity index (χ0) is 14.7. The summed E-state index contributed by atoms with van der Waals surface area (Å²) in [5.74, 6) is 0.782. The van der Waals surface area contributed by atoms with E-state index in [2.05, 4.69) is 51.4 Å². The molecule has 3 rings (SSSR count). The Morgan fingerprint density at radius 3 is 2.62 bits per heavy atom. The van der Waals surface area contributed by atoms with Gasteiger partial charge in [0.25, 0.3) is 0 Å². The van der Waals surface area contributed by atoms with Crippen LogP contribution in [0.25, 0.3) is 11.3 Å². The Labute approximate surface area is 132 Å². The van der Waals surface area contributed by atoms with E-state index in [0.717, 1.165) is 28.0 Å². The fraction of sp³-hybridized carbons (Fsp3) is 0.118. The molecule has 0 saturated carbocycles. The molecule has 2 aromatic carbocycles. The zero-order valence-electron chi connectivity index (χ0n) is 11.6. The second-order valence-corrected chi connectivity index (χ2v) is 5.73. The summed E-state index contributed by atoms with van der Waals surface area (Å²) in [5.41, 5.74) is 4.61. The van der Waals surface area contributed by atoms with Crippen molar-refractivity contribution in [3.05, 3.63) is 70.7 Å². The highest BCUT2D eigenvalue weighted by molar-refractivity contribution is 9.10. The number of oxazole rings is 1. The van der Waals surface area contributed by atoms with Crippen molar-refractivity contribution in [3.63, 3.8) is 0 Å². The molecule has 0 spiro atoms. The van der Waals surface area contributed by atoms with Gasteiger partial charge < -0.3 is 9.73 Å². The molecule has 4 heteroatoms. The van der Waals surface area contributed by atoms with Crippen LogP contribution in [0.2, 0.25) is 0 Å². The number of aryl methyl sites for hydroxylation is 1. The standard InChI is InChI=1S/C17H15BrN2O/c1-12-8-13(2-7-16(12)18)9-20-15-5-3-14(4-6-15)17-10-19-11-21-17/h2-8,10-11,20H,9H2,1H3. The number of anilines is 1. The van der Waals surface area contributed by atoms with Gasteiger partial charge in [0.05, 0.1) is 6.20 Å². The lowest BCUT2D eigenvalue weighted by molar-refractivity contribution is 0.572. The summed E-state index contributed by atoms with van der Waals surface area (Å²) in [6.45, 7) is 2.90. The normalized spacial score (nSPS) is 10.6. The van der Waals surface area contributed by atoms with E-state index in [9.17, 15) is 0 Å². The average Bonchev–Trinajstić information content (AvgIpc) is 3.03. The van der Waals surface area contributed by atoms with Gasteiger partial charge in [0.2, 0.25) is 0 Å². The molecule has 0 aliphatic carbocycles. The number of halogens is 1. The largest absolute Gasteiger partial charge is 0.444 e. The van der Waals surface area contributed by atoms with Crippen molar-refractivity contribution < 1.29 is 4.42 Å². The third-order valence-corrected chi connectivity index (χ3v) is 4.21. The fourth-order valence-corrected chi connectivity index (χ4v) is 2.38. The van der Waals surface area contributed by atoms with Gasteiger partial charge in [-0.15, -0.1) is 0 Å². The van der Waals surface area contributed by atoms with E-state index < -0.39 is 0 Å². The van der Waals surface area contributed by atoms with E-state index >= 15 is 0 Å². The van der Waals surface area contributed by atoms with E-state index in [1.807, 2.05) is 24.3 Å². The van der Waals surface area contributed by atoms with Gasteiger partial charge in [-0.1, -0.05) is 28.1 Å². The van der Waals surface area contributed by atoms with Crippen LogP contribution in [-0.4, -0.2) is 4.98 Å². The van der Waals surface area contributed by atoms with Crippen LogP contribution < -0.4 is 5.32 Å². The van der Waals surface area contributed by atoms with Crippen LogP contribution in [0.1, 0.15) is 11.1 Å². The van der Waals surface area contributed by atoms with Crippen LogP contribution in [0.5, 0.6) is 0 Å². The highest BCUT2D eigenvalue weighted by Gasteiger charge is 2.02. The van der Waals surface area contributed by atoms with Crippen molar-refractivity contribution in [1.29, 1.82) is 0 Å². The van der Waals surface area contributed by atoms with Crippen LogP contribution in [0.4, 0.5) is 5.69 Å². The molecule has 0 radical (unpaired) electrons. The van der Waals surface area contributed by atoms with Gasteiger partial charge in [0.15, 0.2) is 12.2 Å². The van der Waals surface area contributed by atoms with Crippen molar-refractivity contribution in [2.24, 2.45) is 0 Å². The molecule has 0 unspecified atom stereocenters. The number of benzene rings is 2. The number of rotatable bonds is 4. The first-order valence-corrected chi connectivity index (χ1v) is 7.49. The fourth-order valence-electron chi connectivity index (χ4n) is 2.13. The molecule has 0 fully saturated rings. The van der Waals surface area contributed by atoms with E-state index in [-0.39, 0.29) is 0 Å². The van der Waals surface area contributed by atoms with Gasteiger partial charge >= 0.3 is 0 Å².